The summed E-state index contributed by atoms with van der Waals surface area (Å²) in [5, 5.41) is 7.89. The van der Waals surface area contributed by atoms with Gasteiger partial charge < -0.3 is 4.74 Å². The van der Waals surface area contributed by atoms with Crippen molar-refractivity contribution in [2.75, 3.05) is 6.61 Å². The van der Waals surface area contributed by atoms with Crippen LogP contribution < -0.4 is 0 Å². The largest absolute Gasteiger partial charge is 0.462 e. The number of hydrogen-bond donors (Lipinski definition) is 0. The van der Waals surface area contributed by atoms with Crippen molar-refractivity contribution in [3.8, 4) is 0 Å². The van der Waals surface area contributed by atoms with Gasteiger partial charge in [0.15, 0.2) is 0 Å². The minimum atomic E-state index is -0.510. The molecule has 2 aromatic carbocycles. The van der Waals surface area contributed by atoms with Gasteiger partial charge in [-0.05, 0) is 30.2 Å². The Hall–Kier alpha value is -3.27. The molecule has 0 amide bonds. The van der Waals surface area contributed by atoms with Gasteiger partial charge in [0, 0.05) is 0 Å². The molecule has 0 aromatic heterocycles. The Kier molecular flexibility index (Phi) is 7.59. The van der Waals surface area contributed by atoms with E-state index in [1.165, 1.54) is 0 Å². The van der Waals surface area contributed by atoms with Gasteiger partial charge in [0.1, 0.15) is 6.21 Å². The zero-order valence-corrected chi connectivity index (χ0v) is 14.1. The van der Waals surface area contributed by atoms with E-state index in [1.807, 2.05) is 85.0 Å². The van der Waals surface area contributed by atoms with Crippen LogP contribution in [0.15, 0.2) is 83.0 Å². The number of hydrogen-bond acceptors (Lipinski definition) is 4. The van der Waals surface area contributed by atoms with Gasteiger partial charge in [-0.2, -0.15) is 10.2 Å². The molecule has 0 radical (unpaired) electrons. The number of ether oxygens (including phenoxy) is 1. The molecule has 0 heterocycles. The molecule has 0 aliphatic heterocycles. The van der Waals surface area contributed by atoms with E-state index in [0.29, 0.717) is 12.3 Å². The zero-order valence-electron chi connectivity index (χ0n) is 14.1. The lowest BCUT2D eigenvalue weighted by Gasteiger charge is -1.95. The molecular weight excluding hydrogens is 312 g/mol. The maximum Gasteiger partial charge on any atom is 0.351 e. The van der Waals surface area contributed by atoms with Crippen molar-refractivity contribution in [1.29, 1.82) is 0 Å². The number of nitrogens with zero attached hydrogens (tertiary/aromatic N) is 2. The minimum absolute atomic E-state index is 0.309. The molecule has 0 saturated carbocycles. The molecule has 0 unspecified atom stereocenters. The highest BCUT2D eigenvalue weighted by atomic mass is 16.5. The molecule has 0 bridgehead atoms. The fourth-order valence-corrected chi connectivity index (χ4v) is 1.94. The molecular formula is C21H20N2O2. The van der Waals surface area contributed by atoms with Crippen molar-refractivity contribution in [3.05, 3.63) is 83.9 Å². The van der Waals surface area contributed by atoms with Crippen LogP contribution in [0, 0.1) is 0 Å². The summed E-state index contributed by atoms with van der Waals surface area (Å²) in [6, 6.07) is 19.8. The molecule has 0 aliphatic rings. The van der Waals surface area contributed by atoms with E-state index in [2.05, 4.69) is 10.2 Å². The molecule has 4 nitrogen and oxygen atoms in total. The Balaban J connectivity index is 2.17. The van der Waals surface area contributed by atoms with Gasteiger partial charge in [-0.25, -0.2) is 4.79 Å². The van der Waals surface area contributed by atoms with Crippen LogP contribution in [0.2, 0.25) is 0 Å². The average molecular weight is 332 g/mol. The maximum absolute atomic E-state index is 11.3. The predicted octanol–water partition coefficient (Wildman–Crippen LogP) is 4.40. The SMILES string of the molecule is CCOC(=O)/C=N\N=C(/C=C/c1ccccc1)/C=C/c1ccccc1. The highest BCUT2D eigenvalue weighted by Gasteiger charge is 1.94. The molecule has 4 heteroatoms. The summed E-state index contributed by atoms with van der Waals surface area (Å²) >= 11 is 0. The van der Waals surface area contributed by atoms with Gasteiger partial charge in [-0.1, -0.05) is 72.8 Å². The van der Waals surface area contributed by atoms with Crippen LogP contribution in [-0.4, -0.2) is 24.5 Å². The predicted molar refractivity (Wildman–Crippen MR) is 104 cm³/mol. The van der Waals surface area contributed by atoms with E-state index < -0.39 is 5.97 Å². The summed E-state index contributed by atoms with van der Waals surface area (Å²) in [5.74, 6) is -0.510. The van der Waals surface area contributed by atoms with Gasteiger partial charge in [0.05, 0.1) is 12.3 Å². The second-order valence-corrected chi connectivity index (χ2v) is 5.01. The average Bonchev–Trinajstić information content (AvgIpc) is 2.65. The van der Waals surface area contributed by atoms with Gasteiger partial charge in [-0.15, -0.1) is 0 Å². The smallest absolute Gasteiger partial charge is 0.351 e. The first-order valence-electron chi connectivity index (χ1n) is 8.02. The van der Waals surface area contributed by atoms with E-state index in [1.54, 1.807) is 6.92 Å². The van der Waals surface area contributed by atoms with E-state index >= 15 is 0 Å². The third-order valence-electron chi connectivity index (χ3n) is 3.12. The summed E-state index contributed by atoms with van der Waals surface area (Å²) in [7, 11) is 0. The molecule has 0 spiro atoms. The summed E-state index contributed by atoms with van der Waals surface area (Å²) < 4.78 is 4.79. The third kappa shape index (κ3) is 7.22. The summed E-state index contributed by atoms with van der Waals surface area (Å²) in [5.41, 5.74) is 2.73. The Morgan fingerprint density at radius 1 is 0.920 bits per heavy atom. The molecule has 0 atom stereocenters. The van der Waals surface area contributed by atoms with Crippen LogP contribution in [0.5, 0.6) is 0 Å². The Labute approximate surface area is 147 Å². The fraction of sp³-hybridized carbons (Fsp3) is 0.0952. The molecule has 2 aromatic rings. The first kappa shape index (κ1) is 18.1. The van der Waals surface area contributed by atoms with Crippen molar-refractivity contribution < 1.29 is 9.53 Å². The van der Waals surface area contributed by atoms with Crippen molar-refractivity contribution in [2.24, 2.45) is 10.2 Å². The second kappa shape index (κ2) is 10.5. The van der Waals surface area contributed by atoms with E-state index in [-0.39, 0.29) is 0 Å². The maximum atomic E-state index is 11.3. The van der Waals surface area contributed by atoms with Crippen LogP contribution in [0.4, 0.5) is 0 Å². The first-order chi connectivity index (χ1) is 12.3. The van der Waals surface area contributed by atoms with Crippen molar-refractivity contribution >= 4 is 30.0 Å². The van der Waals surface area contributed by atoms with Gasteiger partial charge in [0.25, 0.3) is 0 Å². The quantitative estimate of drug-likeness (QED) is 0.428. The standard InChI is InChI=1S/C21H20N2O2/c1-2-25-21(24)17-22-23-20(15-13-18-9-5-3-6-10-18)16-14-19-11-7-4-8-12-19/h3-17H,2H2,1H3/b15-13+,16-14+,22-17-. The zero-order chi connectivity index (χ0) is 17.7. The third-order valence-corrected chi connectivity index (χ3v) is 3.12. The number of allylic oxidation sites excluding steroid dienone is 2. The van der Waals surface area contributed by atoms with Crippen LogP contribution in [0.25, 0.3) is 12.2 Å². The molecule has 0 N–H and O–H groups in total. The lowest BCUT2D eigenvalue weighted by atomic mass is 10.1. The summed E-state index contributed by atoms with van der Waals surface area (Å²) in [6.07, 6.45) is 8.63. The lowest BCUT2D eigenvalue weighted by Crippen LogP contribution is -2.04. The second-order valence-electron chi connectivity index (χ2n) is 5.01. The van der Waals surface area contributed by atoms with Crippen LogP contribution in [0.1, 0.15) is 18.1 Å². The number of carbonyl (C=O) groups is 1. The first-order valence-corrected chi connectivity index (χ1v) is 8.02. The van der Waals surface area contributed by atoms with Crippen molar-refractivity contribution in [2.45, 2.75) is 6.92 Å². The Morgan fingerprint density at radius 2 is 1.44 bits per heavy atom. The number of carbonyl (C=O) groups excluding carboxylic acids is 1. The number of benzene rings is 2. The highest BCUT2D eigenvalue weighted by Crippen LogP contribution is 2.05. The van der Waals surface area contributed by atoms with E-state index in [9.17, 15) is 4.79 Å². The molecule has 0 saturated heterocycles. The normalized spacial score (nSPS) is 11.2. The monoisotopic (exact) mass is 332 g/mol. The molecule has 0 fully saturated rings. The molecule has 126 valence electrons. The molecule has 2 rings (SSSR count). The fourth-order valence-electron chi connectivity index (χ4n) is 1.94. The van der Waals surface area contributed by atoms with E-state index in [4.69, 9.17) is 4.74 Å². The topological polar surface area (TPSA) is 51.0 Å². The van der Waals surface area contributed by atoms with Gasteiger partial charge in [0.2, 0.25) is 0 Å². The Morgan fingerprint density at radius 3 is 1.92 bits per heavy atom. The van der Waals surface area contributed by atoms with Gasteiger partial charge >= 0.3 is 5.97 Å². The number of rotatable bonds is 7. The Bertz CT molecular complexity index is 725. The lowest BCUT2D eigenvalue weighted by molar-refractivity contribution is -0.134. The van der Waals surface area contributed by atoms with Crippen molar-refractivity contribution in [1.82, 2.24) is 0 Å². The van der Waals surface area contributed by atoms with E-state index in [0.717, 1.165) is 17.3 Å². The van der Waals surface area contributed by atoms with Crippen molar-refractivity contribution in [3.63, 3.8) is 0 Å². The molecule has 25 heavy (non-hydrogen) atoms. The summed E-state index contributed by atoms with van der Waals surface area (Å²) in [6.45, 7) is 2.05. The van der Waals surface area contributed by atoms with Crippen LogP contribution in [0.3, 0.4) is 0 Å². The minimum Gasteiger partial charge on any atom is -0.462 e. The van der Waals surface area contributed by atoms with Crippen LogP contribution >= 0.6 is 0 Å². The summed E-state index contributed by atoms with van der Waals surface area (Å²) in [4.78, 5) is 11.3. The number of esters is 1. The molecule has 0 aliphatic carbocycles. The highest BCUT2D eigenvalue weighted by molar-refractivity contribution is 6.23. The van der Waals surface area contributed by atoms with Crippen LogP contribution in [-0.2, 0) is 9.53 Å². The van der Waals surface area contributed by atoms with Gasteiger partial charge in [-0.3, -0.25) is 0 Å².